The van der Waals surface area contributed by atoms with E-state index in [0.29, 0.717) is 5.69 Å². The van der Waals surface area contributed by atoms with Crippen molar-refractivity contribution in [2.75, 3.05) is 11.9 Å². The zero-order valence-corrected chi connectivity index (χ0v) is 18.2. The van der Waals surface area contributed by atoms with Crippen molar-refractivity contribution in [2.24, 2.45) is 23.7 Å². The van der Waals surface area contributed by atoms with E-state index in [1.54, 1.807) is 23.9 Å². The molecule has 2 N–H and O–H groups in total. The van der Waals surface area contributed by atoms with Crippen molar-refractivity contribution in [1.82, 2.24) is 9.88 Å². The van der Waals surface area contributed by atoms with Crippen LogP contribution in [0.1, 0.15) is 16.9 Å². The topological polar surface area (TPSA) is 99.3 Å². The molecular weight excluding hydrogens is 434 g/mol. The van der Waals surface area contributed by atoms with Gasteiger partial charge in [-0.15, -0.1) is 0 Å². The Morgan fingerprint density at radius 2 is 1.90 bits per heavy atom. The first-order valence-corrected chi connectivity index (χ1v) is 11.9. The van der Waals surface area contributed by atoms with Crippen LogP contribution < -0.4 is 10.2 Å². The Morgan fingerprint density at radius 3 is 2.68 bits per heavy atom. The highest BCUT2D eigenvalue weighted by molar-refractivity contribution is 8.00. The fraction of sp³-hybridized carbons (Fsp3) is 0.364. The molecule has 2 aromatic rings. The van der Waals surface area contributed by atoms with E-state index >= 15 is 0 Å². The number of thioether (sulfide) groups is 1. The molecule has 0 spiro atoms. The number of amides is 3. The number of H-pyrrole nitrogens is 1. The third-order valence-corrected chi connectivity index (χ3v) is 9.27. The van der Waals surface area contributed by atoms with Crippen molar-refractivity contribution >= 4 is 52.6 Å². The molecule has 2 saturated carbocycles. The van der Waals surface area contributed by atoms with Crippen LogP contribution in [0.3, 0.4) is 0 Å². The highest BCUT2D eigenvalue weighted by Crippen LogP contribution is 2.64. The number of anilines is 1. The Hall–Kier alpha value is -2.65. The Bertz CT molecular complexity index is 1230. The number of aryl methyl sites for hydroxylation is 1. The van der Waals surface area contributed by atoms with Gasteiger partial charge in [0.15, 0.2) is 0 Å². The number of nitrogens with one attached hydrogen (secondary N) is 2. The number of rotatable bonds is 3. The molecule has 7 nitrogen and oxygen atoms in total. The molecule has 31 heavy (non-hydrogen) atoms. The molecule has 1 aromatic heterocycles. The summed E-state index contributed by atoms with van der Waals surface area (Å²) in [6.45, 7) is 1.71. The lowest BCUT2D eigenvalue weighted by Gasteiger charge is -2.32. The molecule has 9 heteroatoms. The van der Waals surface area contributed by atoms with Crippen LogP contribution in [0, 0.1) is 30.6 Å². The number of thiazole rings is 1. The molecule has 2 bridgehead atoms. The smallest absolute Gasteiger partial charge is 0.305 e. The third kappa shape index (κ3) is 2.79. The van der Waals surface area contributed by atoms with Gasteiger partial charge in [-0.1, -0.05) is 46.4 Å². The minimum Gasteiger partial charge on any atom is -0.325 e. The maximum atomic E-state index is 13.2. The highest BCUT2D eigenvalue weighted by Gasteiger charge is 2.66. The standard InChI is InChI=1S/C22H19N3O4S2/c1-9-2-4-10(5-3-9)23-15(26)8-25-20(27)16-11-6-13(17(16)21(25)28)18-12(11)7-14-19(31-18)24-22(29)30-14/h2-5,7,11,13,16-18H,6,8H2,1H3,(H,23,26)(H,24,29)/t11-,13+,16+,17-,18+/m0/s1. The summed E-state index contributed by atoms with van der Waals surface area (Å²) in [5.41, 5.74) is 2.90. The second-order valence-electron chi connectivity index (χ2n) is 8.63. The predicted molar refractivity (Wildman–Crippen MR) is 118 cm³/mol. The van der Waals surface area contributed by atoms with Crippen molar-refractivity contribution in [2.45, 2.75) is 23.6 Å². The lowest BCUT2D eigenvalue weighted by Crippen LogP contribution is -2.39. The third-order valence-electron chi connectivity index (χ3n) is 6.88. The summed E-state index contributed by atoms with van der Waals surface area (Å²) in [4.78, 5) is 55.5. The normalized spacial score (nSPS) is 30.2. The molecule has 1 saturated heterocycles. The number of carbonyl (C=O) groups excluding carboxylic acids is 3. The maximum absolute atomic E-state index is 13.2. The number of aromatic nitrogens is 1. The first-order chi connectivity index (χ1) is 14.9. The average molecular weight is 454 g/mol. The van der Waals surface area contributed by atoms with Crippen LogP contribution in [0.5, 0.6) is 0 Å². The Balaban J connectivity index is 1.23. The fourth-order valence-corrected chi connectivity index (χ4v) is 8.06. The van der Waals surface area contributed by atoms with E-state index in [4.69, 9.17) is 0 Å². The van der Waals surface area contributed by atoms with E-state index in [0.717, 1.165) is 26.8 Å². The summed E-state index contributed by atoms with van der Waals surface area (Å²) in [6, 6.07) is 7.38. The van der Waals surface area contributed by atoms with Crippen LogP contribution in [-0.2, 0) is 14.4 Å². The number of imide groups is 1. The first kappa shape index (κ1) is 19.1. The molecular formula is C22H19N3O4S2. The van der Waals surface area contributed by atoms with Crippen molar-refractivity contribution in [3.05, 3.63) is 49.9 Å². The van der Waals surface area contributed by atoms with Crippen molar-refractivity contribution in [3.8, 4) is 0 Å². The number of carbonyl (C=O) groups is 3. The molecule has 4 aliphatic rings. The number of aromatic amines is 1. The molecule has 5 atom stereocenters. The van der Waals surface area contributed by atoms with Gasteiger partial charge < -0.3 is 10.3 Å². The number of hydrogen-bond acceptors (Lipinski definition) is 6. The summed E-state index contributed by atoms with van der Waals surface area (Å²) in [7, 11) is 0. The van der Waals surface area contributed by atoms with Crippen LogP contribution in [-0.4, -0.2) is 39.4 Å². The highest BCUT2D eigenvalue weighted by atomic mass is 32.2. The van der Waals surface area contributed by atoms with Crippen molar-refractivity contribution < 1.29 is 14.4 Å². The van der Waals surface area contributed by atoms with E-state index in [9.17, 15) is 19.2 Å². The average Bonchev–Trinajstić information content (AvgIpc) is 3.45. The molecule has 2 aliphatic carbocycles. The molecule has 3 amide bonds. The van der Waals surface area contributed by atoms with Gasteiger partial charge in [0, 0.05) is 10.9 Å². The summed E-state index contributed by atoms with van der Waals surface area (Å²) in [6.07, 6.45) is 2.86. The Labute approximate surface area is 185 Å². The van der Waals surface area contributed by atoms with E-state index < -0.39 is 0 Å². The van der Waals surface area contributed by atoms with Gasteiger partial charge in [-0.3, -0.25) is 24.1 Å². The predicted octanol–water partition coefficient (Wildman–Crippen LogP) is 2.49. The monoisotopic (exact) mass is 453 g/mol. The van der Waals surface area contributed by atoms with Crippen molar-refractivity contribution in [1.29, 1.82) is 0 Å². The van der Waals surface area contributed by atoms with Gasteiger partial charge in [0.2, 0.25) is 17.7 Å². The quantitative estimate of drug-likeness (QED) is 0.696. The van der Waals surface area contributed by atoms with E-state index in [1.165, 1.54) is 16.9 Å². The minimum atomic E-state index is -0.384. The molecule has 3 fully saturated rings. The summed E-state index contributed by atoms with van der Waals surface area (Å²) >= 11 is 2.79. The zero-order chi connectivity index (χ0) is 21.4. The minimum absolute atomic E-state index is 0.0134. The van der Waals surface area contributed by atoms with E-state index in [1.807, 2.05) is 25.1 Å². The molecule has 1 aromatic carbocycles. The largest absolute Gasteiger partial charge is 0.325 e. The Kier molecular flexibility index (Phi) is 4.10. The van der Waals surface area contributed by atoms with Crippen LogP contribution in [0.25, 0.3) is 6.08 Å². The number of likely N-dealkylation sites (tertiary alicyclic amines) is 1. The zero-order valence-electron chi connectivity index (χ0n) is 16.6. The number of nitrogens with zero attached hydrogens (tertiary/aromatic N) is 1. The van der Waals surface area contributed by atoms with Crippen LogP contribution >= 0.6 is 23.1 Å². The van der Waals surface area contributed by atoms with Gasteiger partial charge in [-0.25, -0.2) is 0 Å². The number of hydrogen-bond donors (Lipinski definition) is 2. The van der Waals surface area contributed by atoms with Crippen LogP contribution in [0.2, 0.25) is 0 Å². The summed E-state index contributed by atoms with van der Waals surface area (Å²) in [5, 5.41) is 3.74. The Morgan fingerprint density at radius 1 is 1.16 bits per heavy atom. The SMILES string of the molecule is Cc1ccc(NC(=O)CN2C(=O)[C@H]3[C@H]4C[C@@H](C5=Cc6sc(=O)[nH]c6S[C@H]54)[C@H]3C2=O)cc1. The van der Waals surface area contributed by atoms with Gasteiger partial charge in [0.25, 0.3) is 0 Å². The fourth-order valence-electron chi connectivity index (χ4n) is 5.62. The number of benzene rings is 1. The molecule has 3 heterocycles. The summed E-state index contributed by atoms with van der Waals surface area (Å²) < 4.78 is 0. The summed E-state index contributed by atoms with van der Waals surface area (Å²) in [5.74, 6) is -1.52. The lowest BCUT2D eigenvalue weighted by atomic mass is 9.77. The van der Waals surface area contributed by atoms with E-state index in [-0.39, 0.29) is 58.1 Å². The second-order valence-corrected chi connectivity index (χ2v) is 10.8. The lowest BCUT2D eigenvalue weighted by molar-refractivity contribution is -0.143. The van der Waals surface area contributed by atoms with Crippen molar-refractivity contribution in [3.63, 3.8) is 0 Å². The van der Waals surface area contributed by atoms with Gasteiger partial charge in [-0.05, 0) is 43.4 Å². The maximum Gasteiger partial charge on any atom is 0.305 e. The number of fused-ring (bicyclic) bond motifs is 9. The molecule has 0 radical (unpaired) electrons. The van der Waals surface area contributed by atoms with Gasteiger partial charge in [0.05, 0.1) is 21.7 Å². The van der Waals surface area contributed by atoms with Gasteiger partial charge in [0.1, 0.15) is 6.54 Å². The first-order valence-electron chi connectivity index (χ1n) is 10.2. The molecule has 2 aliphatic heterocycles. The van der Waals surface area contributed by atoms with Gasteiger partial charge in [-0.2, -0.15) is 0 Å². The second kappa shape index (κ2) is 6.67. The van der Waals surface area contributed by atoms with E-state index in [2.05, 4.69) is 10.3 Å². The molecule has 158 valence electrons. The van der Waals surface area contributed by atoms with Crippen LogP contribution in [0.15, 0.2) is 39.7 Å². The molecule has 6 rings (SSSR count). The van der Waals surface area contributed by atoms with Crippen LogP contribution in [0.4, 0.5) is 5.69 Å². The van der Waals surface area contributed by atoms with Gasteiger partial charge >= 0.3 is 4.87 Å². The molecule has 0 unspecified atom stereocenters.